The van der Waals surface area contributed by atoms with Gasteiger partial charge >= 0.3 is 0 Å². The van der Waals surface area contributed by atoms with Crippen molar-refractivity contribution in [1.82, 2.24) is 35.2 Å². The Labute approximate surface area is 391 Å². The summed E-state index contributed by atoms with van der Waals surface area (Å²) in [5.41, 5.74) is 1.10. The molecule has 1 aliphatic rings. The van der Waals surface area contributed by atoms with E-state index in [1.807, 2.05) is 32.0 Å². The number of aromatic nitrogens is 7. The molecule has 11 rings (SSSR count). The van der Waals surface area contributed by atoms with Crippen molar-refractivity contribution >= 4 is 104 Å². The molecule has 8 aromatic heterocycles. The molecule has 2 aromatic carbocycles. The Kier molecular flexibility index (Phi) is 12.2. The van der Waals surface area contributed by atoms with E-state index >= 15 is 0 Å². The van der Waals surface area contributed by atoms with Crippen LogP contribution in [0.4, 0.5) is 0 Å². The van der Waals surface area contributed by atoms with Gasteiger partial charge in [0.25, 0.3) is 17.0 Å². The van der Waals surface area contributed by atoms with Crippen molar-refractivity contribution < 1.29 is 42.4 Å². The van der Waals surface area contributed by atoms with Crippen LogP contribution in [0.15, 0.2) is 82.6 Å². The van der Waals surface area contributed by atoms with Crippen LogP contribution in [0.3, 0.4) is 0 Å². The number of fused-ring (bicyclic) bond motifs is 6. The van der Waals surface area contributed by atoms with Crippen molar-refractivity contribution in [2.24, 2.45) is 0 Å². The SMILES string of the molecule is CCc1noc(-c2cc3c(OC)c4cnccc4c(OC)c3s2)n1.CCc1noc(-c2cc3c(s2)C(=O)c2ccncc2C3=O)n1.COc1c2cnccc2c(OC)c2sc(C(=O)Cl)cc12. The molecule has 0 saturated heterocycles. The molecule has 0 spiro atoms. The summed E-state index contributed by atoms with van der Waals surface area (Å²) < 4.78 is 34.7. The van der Waals surface area contributed by atoms with Gasteiger partial charge in [0.05, 0.1) is 62.9 Å². The van der Waals surface area contributed by atoms with E-state index in [2.05, 4.69) is 35.2 Å². The van der Waals surface area contributed by atoms with Crippen molar-refractivity contribution in [2.45, 2.75) is 26.7 Å². The first-order chi connectivity index (χ1) is 32.1. The van der Waals surface area contributed by atoms with Crippen LogP contribution < -0.4 is 18.9 Å². The molecule has 20 heteroatoms. The Morgan fingerprint density at radius 3 is 1.62 bits per heavy atom. The molecule has 0 unspecified atom stereocenters. The molecule has 1 aliphatic carbocycles. The second kappa shape index (κ2) is 18.4. The van der Waals surface area contributed by atoms with E-state index in [0.717, 1.165) is 64.5 Å². The number of thiophene rings is 3. The van der Waals surface area contributed by atoms with Crippen LogP contribution in [0.2, 0.25) is 0 Å². The molecule has 332 valence electrons. The number of nitrogens with zero attached hydrogens (tertiary/aromatic N) is 7. The molecule has 8 heterocycles. The highest BCUT2D eigenvalue weighted by Crippen LogP contribution is 2.49. The van der Waals surface area contributed by atoms with Gasteiger partial charge < -0.3 is 28.0 Å². The van der Waals surface area contributed by atoms with Crippen molar-refractivity contribution in [2.75, 3.05) is 28.4 Å². The lowest BCUT2D eigenvalue weighted by molar-refractivity contribution is 0.0982. The summed E-state index contributed by atoms with van der Waals surface area (Å²) in [5.74, 6) is 4.70. The maximum atomic E-state index is 12.5. The van der Waals surface area contributed by atoms with Crippen LogP contribution >= 0.6 is 45.6 Å². The molecule has 0 aliphatic heterocycles. The average molecular weight is 960 g/mol. The highest BCUT2D eigenvalue weighted by molar-refractivity contribution is 7.23. The summed E-state index contributed by atoms with van der Waals surface area (Å²) in [4.78, 5) is 59.7. The zero-order valence-electron chi connectivity index (χ0n) is 35.7. The van der Waals surface area contributed by atoms with Crippen LogP contribution in [0.1, 0.15) is 66.3 Å². The van der Waals surface area contributed by atoms with E-state index in [1.54, 1.807) is 82.8 Å². The third kappa shape index (κ3) is 7.68. The minimum Gasteiger partial charge on any atom is -0.495 e. The molecule has 0 N–H and O–H groups in total. The molecule has 10 aromatic rings. The van der Waals surface area contributed by atoms with Gasteiger partial charge in [0, 0.05) is 93.5 Å². The smallest absolute Gasteiger partial charge is 0.268 e. The van der Waals surface area contributed by atoms with Gasteiger partial charge in [-0.1, -0.05) is 24.2 Å². The molecular weight excluding hydrogens is 926 g/mol. The van der Waals surface area contributed by atoms with Crippen molar-refractivity contribution in [1.29, 1.82) is 0 Å². The van der Waals surface area contributed by atoms with Gasteiger partial charge in [0.1, 0.15) is 23.0 Å². The second-order valence-corrected chi connectivity index (χ2v) is 17.6. The molecule has 0 atom stereocenters. The number of hydrogen-bond donors (Lipinski definition) is 0. The van der Waals surface area contributed by atoms with Crippen LogP contribution in [-0.4, -0.2) is 80.5 Å². The largest absolute Gasteiger partial charge is 0.495 e. The summed E-state index contributed by atoms with van der Waals surface area (Å²) in [6, 6.07) is 10.7. The molecule has 66 heavy (non-hydrogen) atoms. The van der Waals surface area contributed by atoms with E-state index in [0.29, 0.717) is 72.7 Å². The Balaban J connectivity index is 0.000000125. The van der Waals surface area contributed by atoms with E-state index in [-0.39, 0.29) is 11.6 Å². The maximum Gasteiger partial charge on any atom is 0.268 e. The quantitative estimate of drug-likeness (QED) is 0.123. The van der Waals surface area contributed by atoms with Gasteiger partial charge in [0.2, 0.25) is 5.78 Å². The number of methoxy groups -OCH3 is 4. The number of carbonyl (C=O) groups is 3. The van der Waals surface area contributed by atoms with E-state index in [9.17, 15) is 14.4 Å². The Morgan fingerprint density at radius 2 is 1.09 bits per heavy atom. The number of rotatable bonds is 9. The van der Waals surface area contributed by atoms with Gasteiger partial charge in [0.15, 0.2) is 17.4 Å². The lowest BCUT2D eigenvalue weighted by Gasteiger charge is -2.12. The van der Waals surface area contributed by atoms with Crippen LogP contribution in [0, 0.1) is 0 Å². The summed E-state index contributed by atoms with van der Waals surface area (Å²) in [6.07, 6.45) is 11.3. The number of carbonyl (C=O) groups excluding carboxylic acids is 3. The molecule has 0 radical (unpaired) electrons. The first kappa shape index (κ1) is 44.0. The average Bonchev–Trinajstić information content (AvgIpc) is 4.21. The van der Waals surface area contributed by atoms with Crippen LogP contribution in [0.5, 0.6) is 23.0 Å². The fourth-order valence-electron chi connectivity index (χ4n) is 7.46. The molecule has 16 nitrogen and oxygen atoms in total. The Bertz CT molecular complexity index is 3350. The van der Waals surface area contributed by atoms with E-state index < -0.39 is 5.24 Å². The zero-order valence-corrected chi connectivity index (χ0v) is 39.0. The Hall–Kier alpha value is -7.19. The molecule has 0 fully saturated rings. The fourth-order valence-corrected chi connectivity index (χ4v) is 10.8. The number of ether oxygens (including phenoxy) is 4. The standard InChI is InChI=1S/C17H15N3O3S.C15H9N3O3S.C14H10ClNO3S/c1-4-13-19-17(23-20-13)12-7-10-14(21-2)11-8-18-6-5-9(11)15(22-3)16(10)24-12;1-2-11-17-15(21-18-11)10-5-8-12(19)9-6-16-4-3-7(9)13(20)14(8)22-10;1-18-11-8-5-10(14(15)17)20-13(8)12(19-2)7-3-4-16-6-9(7)11/h5-8H,4H2,1-3H3;3-6H,2H2,1H3;3-6H,1-2H3. The third-order valence-corrected chi connectivity index (χ3v) is 14.2. The van der Waals surface area contributed by atoms with Crippen molar-refractivity contribution in [3.05, 3.63) is 112 Å². The van der Waals surface area contributed by atoms with E-state index in [1.165, 1.54) is 35.1 Å². The second-order valence-electron chi connectivity index (χ2n) is 14.1. The molecule has 0 amide bonds. The number of ketones is 2. The number of pyridine rings is 3. The highest BCUT2D eigenvalue weighted by atomic mass is 35.5. The summed E-state index contributed by atoms with van der Waals surface area (Å²) >= 11 is 9.62. The van der Waals surface area contributed by atoms with Crippen molar-refractivity contribution in [3.63, 3.8) is 0 Å². The predicted octanol–water partition coefficient (Wildman–Crippen LogP) is 10.5. The minimum atomic E-state index is -0.488. The number of halogens is 1. The van der Waals surface area contributed by atoms with Gasteiger partial charge in [-0.25, -0.2) is 0 Å². The van der Waals surface area contributed by atoms with Gasteiger partial charge in [-0.05, 0) is 48.0 Å². The Morgan fingerprint density at radius 1 is 0.576 bits per heavy atom. The summed E-state index contributed by atoms with van der Waals surface area (Å²) in [5, 5.41) is 12.7. The first-order valence-corrected chi connectivity index (χ1v) is 22.8. The fraction of sp³-hybridized carbons (Fsp3) is 0.174. The van der Waals surface area contributed by atoms with Crippen molar-refractivity contribution in [3.8, 4) is 44.5 Å². The monoisotopic (exact) mass is 959 g/mol. The third-order valence-electron chi connectivity index (χ3n) is 10.5. The van der Waals surface area contributed by atoms with Crippen LogP contribution in [-0.2, 0) is 12.8 Å². The zero-order chi connectivity index (χ0) is 46.2. The minimum absolute atomic E-state index is 0.168. The van der Waals surface area contributed by atoms with Gasteiger partial charge in [-0.2, -0.15) is 9.97 Å². The normalized spacial score (nSPS) is 11.8. The molecule has 0 saturated carbocycles. The summed E-state index contributed by atoms with van der Waals surface area (Å²) in [7, 11) is 6.52. The molecular formula is C46H34ClN7O9S3. The van der Waals surface area contributed by atoms with Crippen LogP contribution in [0.25, 0.3) is 63.3 Å². The maximum absolute atomic E-state index is 12.5. The lowest BCUT2D eigenvalue weighted by atomic mass is 9.90. The van der Waals surface area contributed by atoms with Gasteiger partial charge in [-0.15, -0.1) is 34.0 Å². The predicted molar refractivity (Wildman–Crippen MR) is 251 cm³/mol. The highest BCUT2D eigenvalue weighted by Gasteiger charge is 2.33. The van der Waals surface area contributed by atoms with Gasteiger partial charge in [-0.3, -0.25) is 29.3 Å². The first-order valence-electron chi connectivity index (χ1n) is 20.0. The number of aryl methyl sites for hydroxylation is 2. The number of benzene rings is 2. The van der Waals surface area contributed by atoms with E-state index in [4.69, 9.17) is 39.6 Å². The lowest BCUT2D eigenvalue weighted by Crippen LogP contribution is -2.18. The number of hydrogen-bond acceptors (Lipinski definition) is 19. The topological polar surface area (TPSA) is 205 Å². The molecule has 0 bridgehead atoms. The summed E-state index contributed by atoms with van der Waals surface area (Å²) in [6.45, 7) is 3.91.